The molecule has 1 unspecified atom stereocenters. The van der Waals surface area contributed by atoms with Crippen molar-refractivity contribution in [3.05, 3.63) is 5.51 Å². The fraction of sp³-hybridized carbons (Fsp3) is 0.500. The first kappa shape index (κ1) is 12.3. The molecule has 0 aliphatic heterocycles. The van der Waals surface area contributed by atoms with Crippen LogP contribution in [-0.2, 0) is 10.0 Å². The SMILES string of the molecule is CCC(C(N)=S)S(=O)(=O)Nc1nncs1. The molecule has 0 bridgehead atoms. The minimum absolute atomic E-state index is 0.0467. The highest BCUT2D eigenvalue weighted by Crippen LogP contribution is 2.14. The summed E-state index contributed by atoms with van der Waals surface area (Å²) in [5, 5.41) is 6.42. The Balaban J connectivity index is 2.87. The lowest BCUT2D eigenvalue weighted by Crippen LogP contribution is -2.37. The van der Waals surface area contributed by atoms with Crippen molar-refractivity contribution < 1.29 is 8.42 Å². The monoisotopic (exact) mass is 266 g/mol. The molecule has 0 saturated heterocycles. The molecule has 0 amide bonds. The Labute approximate surface area is 96.9 Å². The summed E-state index contributed by atoms with van der Waals surface area (Å²) in [5.41, 5.74) is 6.77. The van der Waals surface area contributed by atoms with Crippen molar-refractivity contribution in [2.24, 2.45) is 5.73 Å². The third-order valence-electron chi connectivity index (χ3n) is 1.65. The Bertz CT molecular complexity index is 427. The molecular formula is C6H10N4O2S3. The Kier molecular flexibility index (Phi) is 3.94. The predicted molar refractivity (Wildman–Crippen MR) is 63.3 cm³/mol. The Morgan fingerprint density at radius 1 is 1.80 bits per heavy atom. The van der Waals surface area contributed by atoms with Crippen LogP contribution in [0.4, 0.5) is 5.13 Å². The third-order valence-corrected chi connectivity index (χ3v) is 4.64. The Morgan fingerprint density at radius 3 is 2.87 bits per heavy atom. The van der Waals surface area contributed by atoms with E-state index in [0.717, 1.165) is 11.3 Å². The minimum atomic E-state index is -3.60. The average molecular weight is 266 g/mol. The van der Waals surface area contributed by atoms with Crippen molar-refractivity contribution in [2.45, 2.75) is 18.6 Å². The van der Waals surface area contributed by atoms with Crippen LogP contribution in [-0.4, -0.2) is 28.9 Å². The maximum atomic E-state index is 11.7. The zero-order valence-corrected chi connectivity index (χ0v) is 10.3. The number of hydrogen-bond acceptors (Lipinski definition) is 6. The van der Waals surface area contributed by atoms with Gasteiger partial charge in [-0.15, -0.1) is 10.2 Å². The average Bonchev–Trinajstić information content (AvgIpc) is 2.55. The van der Waals surface area contributed by atoms with E-state index < -0.39 is 15.3 Å². The minimum Gasteiger partial charge on any atom is -0.392 e. The summed E-state index contributed by atoms with van der Waals surface area (Å²) in [7, 11) is -3.60. The summed E-state index contributed by atoms with van der Waals surface area (Å²) in [6, 6.07) is 0. The lowest BCUT2D eigenvalue weighted by molar-refractivity contribution is 0.594. The van der Waals surface area contributed by atoms with Crippen LogP contribution in [0.5, 0.6) is 0 Å². The third kappa shape index (κ3) is 3.08. The van der Waals surface area contributed by atoms with Crippen LogP contribution < -0.4 is 10.5 Å². The second-order valence-electron chi connectivity index (χ2n) is 2.69. The number of hydrogen-bond donors (Lipinski definition) is 2. The maximum Gasteiger partial charge on any atom is 0.243 e. The first-order valence-electron chi connectivity index (χ1n) is 4.04. The van der Waals surface area contributed by atoms with Crippen molar-refractivity contribution >= 4 is 43.7 Å². The van der Waals surface area contributed by atoms with E-state index in [-0.39, 0.29) is 10.1 Å². The first-order chi connectivity index (χ1) is 6.97. The highest BCUT2D eigenvalue weighted by Gasteiger charge is 2.27. The van der Waals surface area contributed by atoms with E-state index in [0.29, 0.717) is 6.42 Å². The van der Waals surface area contributed by atoms with Gasteiger partial charge in [0.05, 0.1) is 4.99 Å². The lowest BCUT2D eigenvalue weighted by Gasteiger charge is -2.13. The number of thiocarbonyl (C=S) groups is 1. The van der Waals surface area contributed by atoms with Crippen molar-refractivity contribution in [3.8, 4) is 0 Å². The molecule has 1 heterocycles. The Hall–Kier alpha value is -0.800. The molecule has 0 aliphatic carbocycles. The molecule has 6 nitrogen and oxygen atoms in total. The van der Waals surface area contributed by atoms with Crippen LogP contribution in [0.15, 0.2) is 5.51 Å². The van der Waals surface area contributed by atoms with Crippen LogP contribution in [0.3, 0.4) is 0 Å². The molecule has 0 spiro atoms. The summed E-state index contributed by atoms with van der Waals surface area (Å²) in [4.78, 5) is -0.0467. The van der Waals surface area contributed by atoms with Gasteiger partial charge in [-0.2, -0.15) is 0 Å². The molecule has 15 heavy (non-hydrogen) atoms. The van der Waals surface area contributed by atoms with Gasteiger partial charge in [0.1, 0.15) is 10.8 Å². The number of aromatic nitrogens is 2. The molecule has 1 rings (SSSR count). The Morgan fingerprint density at radius 2 is 2.47 bits per heavy atom. The van der Waals surface area contributed by atoms with Crippen molar-refractivity contribution in [1.82, 2.24) is 10.2 Å². The lowest BCUT2D eigenvalue weighted by atomic mass is 10.3. The van der Waals surface area contributed by atoms with Gasteiger partial charge in [0.15, 0.2) is 0 Å². The normalized spacial score (nSPS) is 13.4. The number of nitrogens with one attached hydrogen (secondary N) is 1. The summed E-state index contributed by atoms with van der Waals surface area (Å²) in [5.74, 6) is 0. The molecule has 0 saturated carbocycles. The van der Waals surface area contributed by atoms with Gasteiger partial charge >= 0.3 is 0 Å². The summed E-state index contributed by atoms with van der Waals surface area (Å²) in [6.07, 6.45) is 0.323. The standard InChI is InChI=1S/C6H10N4O2S3/c1-2-4(5(7)13)15(11,12)10-6-9-8-3-14-6/h3-4H,2H2,1H3,(H2,7,13)(H,9,10). The summed E-state index contributed by atoms with van der Waals surface area (Å²) >= 11 is 5.78. The molecule has 0 radical (unpaired) electrons. The van der Waals surface area contributed by atoms with Gasteiger partial charge in [-0.25, -0.2) is 8.42 Å². The van der Waals surface area contributed by atoms with Gasteiger partial charge < -0.3 is 5.73 Å². The molecule has 0 fully saturated rings. The largest absolute Gasteiger partial charge is 0.392 e. The van der Waals surface area contributed by atoms with E-state index in [9.17, 15) is 8.42 Å². The number of nitrogens with two attached hydrogens (primary N) is 1. The van der Waals surface area contributed by atoms with E-state index >= 15 is 0 Å². The molecule has 0 aromatic carbocycles. The summed E-state index contributed by atoms with van der Waals surface area (Å²) < 4.78 is 25.7. The molecule has 9 heteroatoms. The van der Waals surface area contributed by atoms with Gasteiger partial charge in [0.2, 0.25) is 15.2 Å². The molecule has 1 aromatic rings. The zero-order chi connectivity index (χ0) is 11.5. The fourth-order valence-corrected chi connectivity index (χ4v) is 3.53. The summed E-state index contributed by atoms with van der Waals surface area (Å²) in [6.45, 7) is 1.70. The van der Waals surface area contributed by atoms with E-state index in [4.69, 9.17) is 5.73 Å². The quantitative estimate of drug-likeness (QED) is 0.746. The van der Waals surface area contributed by atoms with Gasteiger partial charge in [-0.3, -0.25) is 4.72 Å². The molecule has 3 N–H and O–H groups in total. The van der Waals surface area contributed by atoms with Crippen LogP contribution in [0.2, 0.25) is 0 Å². The highest BCUT2D eigenvalue weighted by molar-refractivity contribution is 7.95. The van der Waals surface area contributed by atoms with Crippen molar-refractivity contribution in [2.75, 3.05) is 4.72 Å². The van der Waals surface area contributed by atoms with E-state index in [1.54, 1.807) is 6.92 Å². The van der Waals surface area contributed by atoms with Crippen molar-refractivity contribution in [1.29, 1.82) is 0 Å². The maximum absolute atomic E-state index is 11.7. The number of sulfonamides is 1. The molecule has 84 valence electrons. The van der Waals surface area contributed by atoms with Gasteiger partial charge in [0, 0.05) is 0 Å². The van der Waals surface area contributed by atoms with Crippen LogP contribution >= 0.6 is 23.6 Å². The van der Waals surface area contributed by atoms with Gasteiger partial charge in [-0.05, 0) is 6.42 Å². The van der Waals surface area contributed by atoms with Crippen LogP contribution in [0.1, 0.15) is 13.3 Å². The van der Waals surface area contributed by atoms with Crippen molar-refractivity contribution in [3.63, 3.8) is 0 Å². The second-order valence-corrected chi connectivity index (χ2v) is 5.86. The van der Waals surface area contributed by atoms with Gasteiger partial charge in [-0.1, -0.05) is 30.5 Å². The second kappa shape index (κ2) is 4.81. The van der Waals surface area contributed by atoms with E-state index in [1.807, 2.05) is 0 Å². The zero-order valence-electron chi connectivity index (χ0n) is 7.87. The van der Waals surface area contributed by atoms with Gasteiger partial charge in [0.25, 0.3) is 0 Å². The fourth-order valence-electron chi connectivity index (χ4n) is 0.984. The number of nitrogens with zero attached hydrogens (tertiary/aromatic N) is 2. The molecular weight excluding hydrogens is 256 g/mol. The first-order valence-corrected chi connectivity index (χ1v) is 6.88. The van der Waals surface area contributed by atoms with Crippen LogP contribution in [0, 0.1) is 0 Å². The molecule has 1 atom stereocenters. The smallest absolute Gasteiger partial charge is 0.243 e. The van der Waals surface area contributed by atoms with E-state index in [2.05, 4.69) is 27.1 Å². The highest BCUT2D eigenvalue weighted by atomic mass is 32.2. The van der Waals surface area contributed by atoms with Crippen LogP contribution in [0.25, 0.3) is 0 Å². The molecule has 1 aromatic heterocycles. The topological polar surface area (TPSA) is 98.0 Å². The predicted octanol–water partition coefficient (Wildman–Crippen LogP) is 0.344. The number of rotatable bonds is 5. The number of anilines is 1. The van der Waals surface area contributed by atoms with E-state index in [1.165, 1.54) is 5.51 Å². The molecule has 0 aliphatic rings.